The Bertz CT molecular complexity index is 228. The molecule has 0 unspecified atom stereocenters. The van der Waals surface area contributed by atoms with Crippen molar-refractivity contribution in [2.45, 2.75) is 41.0 Å². The van der Waals surface area contributed by atoms with Crippen LogP contribution in [0.2, 0.25) is 0 Å². The molecule has 2 nitrogen and oxygen atoms in total. The molecule has 0 bridgehead atoms. The minimum absolute atomic E-state index is 0.00859. The first kappa shape index (κ1) is 10.6. The molecule has 0 radical (unpaired) electrons. The molecule has 2 heteroatoms. The predicted molar refractivity (Wildman–Crippen MR) is 52.5 cm³/mol. The van der Waals surface area contributed by atoms with Crippen LogP contribution in [0.5, 0.6) is 0 Å². The number of rotatable bonds is 3. The standard InChI is InChI=1S/C11H20O2/c1-6-10(2,3)8-7(9(12)13)11(8,4)5/h7-8H,6H2,1-5H3,(H,12,13)/t7-,8-/m0/s1. The molecule has 0 saturated heterocycles. The summed E-state index contributed by atoms with van der Waals surface area (Å²) < 4.78 is 0. The van der Waals surface area contributed by atoms with Gasteiger partial charge in [0.15, 0.2) is 0 Å². The summed E-state index contributed by atoms with van der Waals surface area (Å²) in [6.45, 7) is 10.6. The van der Waals surface area contributed by atoms with E-state index in [0.717, 1.165) is 6.42 Å². The van der Waals surface area contributed by atoms with Crippen molar-refractivity contribution in [2.24, 2.45) is 22.7 Å². The maximum atomic E-state index is 11.0. The fourth-order valence-corrected chi connectivity index (χ4v) is 2.78. The van der Waals surface area contributed by atoms with Crippen molar-refractivity contribution < 1.29 is 9.90 Å². The molecule has 1 aliphatic rings. The van der Waals surface area contributed by atoms with E-state index in [1.54, 1.807) is 0 Å². The highest BCUT2D eigenvalue weighted by Crippen LogP contribution is 2.66. The Labute approximate surface area is 80.3 Å². The van der Waals surface area contributed by atoms with E-state index in [-0.39, 0.29) is 16.7 Å². The Balaban J connectivity index is 2.82. The van der Waals surface area contributed by atoms with E-state index in [2.05, 4.69) is 34.6 Å². The first-order valence-corrected chi connectivity index (χ1v) is 4.98. The lowest BCUT2D eigenvalue weighted by molar-refractivity contribution is -0.139. The predicted octanol–water partition coefficient (Wildman–Crippen LogP) is 2.78. The average Bonchev–Trinajstić information content (AvgIpc) is 2.54. The summed E-state index contributed by atoms with van der Waals surface area (Å²) in [5.74, 6) is -0.429. The van der Waals surface area contributed by atoms with E-state index in [1.807, 2.05) is 0 Å². The summed E-state index contributed by atoms with van der Waals surface area (Å²) in [6.07, 6.45) is 1.05. The molecule has 1 N–H and O–H groups in total. The van der Waals surface area contributed by atoms with E-state index >= 15 is 0 Å². The highest BCUT2D eigenvalue weighted by molar-refractivity contribution is 5.75. The third-order valence-electron chi connectivity index (χ3n) is 3.85. The Morgan fingerprint density at radius 3 is 2.15 bits per heavy atom. The van der Waals surface area contributed by atoms with Crippen molar-refractivity contribution in [1.29, 1.82) is 0 Å². The van der Waals surface area contributed by atoms with Crippen LogP contribution in [0.3, 0.4) is 0 Å². The van der Waals surface area contributed by atoms with Gasteiger partial charge < -0.3 is 5.11 Å². The van der Waals surface area contributed by atoms with Gasteiger partial charge in [0, 0.05) is 0 Å². The molecule has 2 atom stereocenters. The van der Waals surface area contributed by atoms with Gasteiger partial charge in [0.05, 0.1) is 5.92 Å². The minimum Gasteiger partial charge on any atom is -0.481 e. The quantitative estimate of drug-likeness (QED) is 0.732. The zero-order chi connectivity index (χ0) is 10.4. The van der Waals surface area contributed by atoms with E-state index in [0.29, 0.717) is 5.92 Å². The SMILES string of the molecule is CCC(C)(C)[C@@H]1[C@@H](C(=O)O)C1(C)C. The maximum absolute atomic E-state index is 11.0. The van der Waals surface area contributed by atoms with Gasteiger partial charge in [0.1, 0.15) is 0 Å². The first-order valence-electron chi connectivity index (χ1n) is 4.98. The molecular weight excluding hydrogens is 164 g/mol. The third-order valence-corrected chi connectivity index (χ3v) is 3.85. The summed E-state index contributed by atoms with van der Waals surface area (Å²) in [7, 11) is 0. The van der Waals surface area contributed by atoms with Crippen LogP contribution in [0.25, 0.3) is 0 Å². The molecule has 0 amide bonds. The molecule has 0 heterocycles. The lowest BCUT2D eigenvalue weighted by atomic mass is 9.81. The van der Waals surface area contributed by atoms with E-state index < -0.39 is 5.97 Å². The zero-order valence-electron chi connectivity index (χ0n) is 9.22. The Morgan fingerprint density at radius 2 is 1.92 bits per heavy atom. The van der Waals surface area contributed by atoms with Gasteiger partial charge in [-0.25, -0.2) is 0 Å². The summed E-state index contributed by atoms with van der Waals surface area (Å²) in [5, 5.41) is 9.02. The highest BCUT2D eigenvalue weighted by atomic mass is 16.4. The highest BCUT2D eigenvalue weighted by Gasteiger charge is 2.66. The van der Waals surface area contributed by atoms with Crippen molar-refractivity contribution in [2.75, 3.05) is 0 Å². The summed E-state index contributed by atoms with van der Waals surface area (Å²) in [6, 6.07) is 0. The van der Waals surface area contributed by atoms with Crippen LogP contribution >= 0.6 is 0 Å². The number of carbonyl (C=O) groups is 1. The van der Waals surface area contributed by atoms with Crippen LogP contribution in [-0.4, -0.2) is 11.1 Å². The van der Waals surface area contributed by atoms with Gasteiger partial charge in [-0.1, -0.05) is 41.0 Å². The smallest absolute Gasteiger partial charge is 0.307 e. The molecule has 1 rings (SSSR count). The van der Waals surface area contributed by atoms with Crippen molar-refractivity contribution in [3.05, 3.63) is 0 Å². The number of hydrogen-bond acceptors (Lipinski definition) is 1. The number of hydrogen-bond donors (Lipinski definition) is 1. The molecule has 0 aliphatic heterocycles. The van der Waals surface area contributed by atoms with Crippen molar-refractivity contribution in [3.8, 4) is 0 Å². The molecular formula is C11H20O2. The molecule has 0 aromatic carbocycles. The van der Waals surface area contributed by atoms with Gasteiger partial charge in [0.2, 0.25) is 0 Å². The number of carboxylic acid groups (broad SMARTS) is 1. The summed E-state index contributed by atoms with van der Waals surface area (Å²) in [5.41, 5.74) is 0.151. The fraction of sp³-hybridized carbons (Fsp3) is 0.909. The molecule has 0 spiro atoms. The molecule has 13 heavy (non-hydrogen) atoms. The number of aliphatic carboxylic acids is 1. The second-order valence-corrected chi connectivity index (χ2v) is 5.46. The Hall–Kier alpha value is -0.530. The van der Waals surface area contributed by atoms with Crippen molar-refractivity contribution in [1.82, 2.24) is 0 Å². The number of carboxylic acids is 1. The van der Waals surface area contributed by atoms with E-state index in [9.17, 15) is 4.79 Å². The average molecular weight is 184 g/mol. The van der Waals surface area contributed by atoms with Crippen LogP contribution < -0.4 is 0 Å². The van der Waals surface area contributed by atoms with Gasteiger partial charge in [-0.2, -0.15) is 0 Å². The second-order valence-electron chi connectivity index (χ2n) is 5.46. The molecule has 76 valence electrons. The van der Waals surface area contributed by atoms with Crippen molar-refractivity contribution >= 4 is 5.97 Å². The van der Waals surface area contributed by atoms with Gasteiger partial charge >= 0.3 is 5.97 Å². The lowest BCUT2D eigenvalue weighted by Gasteiger charge is -2.24. The zero-order valence-corrected chi connectivity index (χ0v) is 9.22. The largest absolute Gasteiger partial charge is 0.481 e. The van der Waals surface area contributed by atoms with E-state index in [4.69, 9.17) is 5.11 Å². The van der Waals surface area contributed by atoms with Crippen LogP contribution in [-0.2, 0) is 4.79 Å². The topological polar surface area (TPSA) is 37.3 Å². The fourth-order valence-electron chi connectivity index (χ4n) is 2.78. The van der Waals surface area contributed by atoms with Gasteiger partial charge in [-0.3, -0.25) is 4.79 Å². The molecule has 1 saturated carbocycles. The van der Waals surface area contributed by atoms with E-state index in [1.165, 1.54) is 0 Å². The normalized spacial score (nSPS) is 31.5. The van der Waals surface area contributed by atoms with Crippen molar-refractivity contribution in [3.63, 3.8) is 0 Å². The molecule has 0 aromatic heterocycles. The monoisotopic (exact) mass is 184 g/mol. The van der Waals surface area contributed by atoms with Crippen LogP contribution in [0.4, 0.5) is 0 Å². The second kappa shape index (κ2) is 2.73. The van der Waals surface area contributed by atoms with Gasteiger partial charge in [-0.05, 0) is 16.7 Å². The third kappa shape index (κ3) is 1.47. The maximum Gasteiger partial charge on any atom is 0.307 e. The Morgan fingerprint density at radius 1 is 1.46 bits per heavy atom. The Kier molecular flexibility index (Phi) is 2.21. The molecule has 1 aliphatic carbocycles. The molecule has 0 aromatic rings. The van der Waals surface area contributed by atoms with Crippen LogP contribution in [0, 0.1) is 22.7 Å². The first-order chi connectivity index (χ1) is 5.75. The summed E-state index contributed by atoms with van der Waals surface area (Å²) in [4.78, 5) is 11.0. The van der Waals surface area contributed by atoms with Crippen LogP contribution in [0.1, 0.15) is 41.0 Å². The minimum atomic E-state index is -0.628. The van der Waals surface area contributed by atoms with Crippen LogP contribution in [0.15, 0.2) is 0 Å². The van der Waals surface area contributed by atoms with Gasteiger partial charge in [-0.15, -0.1) is 0 Å². The summed E-state index contributed by atoms with van der Waals surface area (Å²) >= 11 is 0. The lowest BCUT2D eigenvalue weighted by Crippen LogP contribution is -2.17. The van der Waals surface area contributed by atoms with Gasteiger partial charge in [0.25, 0.3) is 0 Å². The molecule has 1 fully saturated rings.